The number of hydrogen-bond donors (Lipinski definition) is 2. The molecule has 0 aliphatic carbocycles. The number of aromatic nitrogens is 1. The predicted octanol–water partition coefficient (Wildman–Crippen LogP) is 3.48. The first kappa shape index (κ1) is 26.8. The lowest BCUT2D eigenvalue weighted by molar-refractivity contribution is 0.0303. The molecular weight excluding hydrogens is 535 g/mol. The molecule has 3 aromatic rings. The molecule has 40 heavy (non-hydrogen) atoms. The van der Waals surface area contributed by atoms with Crippen molar-refractivity contribution in [3.8, 4) is 22.4 Å². The van der Waals surface area contributed by atoms with Crippen molar-refractivity contribution in [3.05, 3.63) is 58.3 Å². The van der Waals surface area contributed by atoms with Crippen molar-refractivity contribution in [2.75, 3.05) is 57.5 Å². The number of amides is 2. The quantitative estimate of drug-likeness (QED) is 0.498. The number of pyridine rings is 1. The second-order valence-corrected chi connectivity index (χ2v) is 11.7. The molecule has 0 saturated carbocycles. The highest BCUT2D eigenvalue weighted by atomic mass is 32.1. The summed E-state index contributed by atoms with van der Waals surface area (Å²) in [7, 11) is 0. The zero-order valence-corrected chi connectivity index (χ0v) is 23.2. The molecule has 2 amide bonds. The van der Waals surface area contributed by atoms with E-state index in [1.165, 1.54) is 29.5 Å². The molecule has 3 aliphatic heterocycles. The molecule has 3 aliphatic rings. The number of benzene rings is 1. The fourth-order valence-corrected chi connectivity index (χ4v) is 6.75. The molecule has 5 heterocycles. The van der Waals surface area contributed by atoms with Crippen molar-refractivity contribution in [2.24, 2.45) is 0 Å². The Labute approximate surface area is 235 Å². The Kier molecular flexibility index (Phi) is 7.07. The van der Waals surface area contributed by atoms with Crippen LogP contribution in [-0.4, -0.2) is 85.0 Å². The highest BCUT2D eigenvalue weighted by Gasteiger charge is 2.43. The Balaban J connectivity index is 1.45. The molecular formula is C29H31FN4O5S. The number of fused-ring (bicyclic) bond motifs is 1. The molecule has 0 bridgehead atoms. The third kappa shape index (κ3) is 4.77. The molecule has 2 aromatic heterocycles. The minimum absolute atomic E-state index is 0.182. The first-order valence-electron chi connectivity index (χ1n) is 13.4. The van der Waals surface area contributed by atoms with Crippen LogP contribution in [0.1, 0.15) is 45.5 Å². The SMILES string of the molecule is CC1(C)NC(=O)c2sc(N3CCOCC3)c(-c3ccnc(-c4cc(C(=O)N5CCOCC5)ccc4F)c3)c2C1O. The summed E-state index contributed by atoms with van der Waals surface area (Å²) in [6.07, 6.45) is 0.637. The van der Waals surface area contributed by atoms with Gasteiger partial charge in [0.15, 0.2) is 0 Å². The lowest BCUT2D eigenvalue weighted by Gasteiger charge is -2.36. The molecule has 2 fully saturated rings. The maximum Gasteiger partial charge on any atom is 0.262 e. The van der Waals surface area contributed by atoms with E-state index in [1.807, 2.05) is 6.07 Å². The molecule has 2 N–H and O–H groups in total. The Hall–Kier alpha value is -3.38. The van der Waals surface area contributed by atoms with Crippen molar-refractivity contribution >= 4 is 28.2 Å². The van der Waals surface area contributed by atoms with Gasteiger partial charge in [0.2, 0.25) is 0 Å². The zero-order valence-electron chi connectivity index (χ0n) is 22.4. The number of hydrogen-bond acceptors (Lipinski definition) is 8. The van der Waals surface area contributed by atoms with Gasteiger partial charge in [-0.3, -0.25) is 14.6 Å². The van der Waals surface area contributed by atoms with Crippen LogP contribution in [0.3, 0.4) is 0 Å². The van der Waals surface area contributed by atoms with Crippen molar-refractivity contribution in [1.82, 2.24) is 15.2 Å². The summed E-state index contributed by atoms with van der Waals surface area (Å²) in [5, 5.41) is 15.2. The molecule has 9 nitrogen and oxygen atoms in total. The number of halogens is 1. The smallest absolute Gasteiger partial charge is 0.262 e. The maximum atomic E-state index is 15.2. The fraction of sp³-hybridized carbons (Fsp3) is 0.414. The Morgan fingerprint density at radius 3 is 2.52 bits per heavy atom. The highest BCUT2D eigenvalue weighted by molar-refractivity contribution is 7.19. The number of nitrogens with zero attached hydrogens (tertiary/aromatic N) is 3. The number of thiophene rings is 1. The van der Waals surface area contributed by atoms with Crippen LogP contribution < -0.4 is 10.2 Å². The number of nitrogens with one attached hydrogen (secondary N) is 1. The third-order valence-corrected chi connectivity index (χ3v) is 8.93. The molecule has 11 heteroatoms. The van der Waals surface area contributed by atoms with E-state index in [9.17, 15) is 14.7 Å². The monoisotopic (exact) mass is 566 g/mol. The van der Waals surface area contributed by atoms with Gasteiger partial charge in [-0.2, -0.15) is 0 Å². The number of aliphatic hydroxyl groups is 1. The normalized spacial score (nSPS) is 20.7. The molecule has 0 spiro atoms. The zero-order chi connectivity index (χ0) is 28.0. The summed E-state index contributed by atoms with van der Waals surface area (Å²) < 4.78 is 26.1. The number of ether oxygens (including phenoxy) is 2. The van der Waals surface area contributed by atoms with Crippen LogP contribution in [-0.2, 0) is 9.47 Å². The van der Waals surface area contributed by atoms with Gasteiger partial charge in [-0.25, -0.2) is 4.39 Å². The van der Waals surface area contributed by atoms with Gasteiger partial charge in [0.05, 0.1) is 37.7 Å². The van der Waals surface area contributed by atoms with Crippen molar-refractivity contribution < 1.29 is 28.6 Å². The van der Waals surface area contributed by atoms with Crippen LogP contribution in [0.2, 0.25) is 0 Å². The van der Waals surface area contributed by atoms with Gasteiger partial charge in [0.1, 0.15) is 21.8 Å². The van der Waals surface area contributed by atoms with Gasteiger partial charge < -0.3 is 29.7 Å². The number of rotatable bonds is 4. The van der Waals surface area contributed by atoms with Gasteiger partial charge >= 0.3 is 0 Å². The van der Waals surface area contributed by atoms with E-state index >= 15 is 4.39 Å². The predicted molar refractivity (Wildman–Crippen MR) is 149 cm³/mol. The largest absolute Gasteiger partial charge is 0.386 e. The molecule has 1 atom stereocenters. The van der Waals surface area contributed by atoms with Crippen molar-refractivity contribution in [1.29, 1.82) is 0 Å². The second kappa shape index (κ2) is 10.5. The number of aliphatic hydroxyl groups excluding tert-OH is 1. The van der Waals surface area contributed by atoms with Crippen LogP contribution >= 0.6 is 11.3 Å². The van der Waals surface area contributed by atoms with Gasteiger partial charge in [-0.05, 0) is 49.7 Å². The summed E-state index contributed by atoms with van der Waals surface area (Å²) in [5.74, 6) is -0.909. The van der Waals surface area contributed by atoms with Crippen molar-refractivity contribution in [2.45, 2.75) is 25.5 Å². The van der Waals surface area contributed by atoms with Crippen LogP contribution in [0.15, 0.2) is 36.5 Å². The number of carbonyl (C=O) groups excluding carboxylic acids is 2. The Bertz CT molecular complexity index is 1460. The van der Waals surface area contributed by atoms with Crippen LogP contribution in [0.5, 0.6) is 0 Å². The van der Waals surface area contributed by atoms with E-state index in [0.717, 1.165) is 10.6 Å². The van der Waals surface area contributed by atoms with E-state index < -0.39 is 17.5 Å². The van der Waals surface area contributed by atoms with E-state index in [1.54, 1.807) is 31.0 Å². The molecule has 1 aromatic carbocycles. The number of morpholine rings is 2. The van der Waals surface area contributed by atoms with Crippen LogP contribution in [0, 0.1) is 5.82 Å². The maximum absolute atomic E-state index is 15.2. The van der Waals surface area contributed by atoms with Crippen LogP contribution in [0.4, 0.5) is 9.39 Å². The van der Waals surface area contributed by atoms with Gasteiger partial charge in [0, 0.05) is 54.6 Å². The fourth-order valence-electron chi connectivity index (χ4n) is 5.44. The minimum atomic E-state index is -0.955. The van der Waals surface area contributed by atoms with E-state index in [2.05, 4.69) is 15.2 Å². The van der Waals surface area contributed by atoms with Gasteiger partial charge in [0.25, 0.3) is 11.8 Å². The van der Waals surface area contributed by atoms with Crippen molar-refractivity contribution in [3.63, 3.8) is 0 Å². The Morgan fingerprint density at radius 2 is 1.80 bits per heavy atom. The standard InChI is InChI=1S/C29H31FN4O5S/c1-29(2)25(35)23-22(28(34-9-13-39-14-10-34)40-24(23)26(36)32-29)17-5-6-31-21(16-17)19-15-18(3-4-20(19)30)27(37)33-7-11-38-12-8-33/h3-6,15-16,25,35H,7-14H2,1-2H3,(H,32,36). The number of carbonyl (C=O) groups is 2. The Morgan fingerprint density at radius 1 is 1.10 bits per heavy atom. The third-order valence-electron chi connectivity index (χ3n) is 7.66. The van der Waals surface area contributed by atoms with Gasteiger partial charge in [-0.15, -0.1) is 11.3 Å². The summed E-state index contributed by atoms with van der Waals surface area (Å²) in [6.45, 7) is 7.90. The molecule has 1 unspecified atom stereocenters. The number of anilines is 1. The first-order valence-corrected chi connectivity index (χ1v) is 14.2. The van der Waals surface area contributed by atoms with Crippen LogP contribution in [0.25, 0.3) is 22.4 Å². The van der Waals surface area contributed by atoms with E-state index in [-0.39, 0.29) is 17.4 Å². The molecule has 6 rings (SSSR count). The summed E-state index contributed by atoms with van der Waals surface area (Å²) >= 11 is 1.35. The van der Waals surface area contributed by atoms with E-state index in [0.29, 0.717) is 79.9 Å². The summed E-state index contributed by atoms with van der Waals surface area (Å²) in [4.78, 5) is 35.0. The molecule has 210 valence electrons. The lowest BCUT2D eigenvalue weighted by atomic mass is 9.84. The van der Waals surface area contributed by atoms with Gasteiger partial charge in [-0.1, -0.05) is 0 Å². The minimum Gasteiger partial charge on any atom is -0.386 e. The topological polar surface area (TPSA) is 104 Å². The average molecular weight is 567 g/mol. The first-order chi connectivity index (χ1) is 19.2. The average Bonchev–Trinajstić information content (AvgIpc) is 3.38. The summed E-state index contributed by atoms with van der Waals surface area (Å²) in [5.41, 5.74) is 2.07. The second-order valence-electron chi connectivity index (χ2n) is 10.7. The van der Waals surface area contributed by atoms with E-state index in [4.69, 9.17) is 9.47 Å². The molecule has 0 radical (unpaired) electrons. The highest BCUT2D eigenvalue weighted by Crippen LogP contribution is 2.50. The lowest BCUT2D eigenvalue weighted by Crippen LogP contribution is -2.51. The molecule has 2 saturated heterocycles. The summed E-state index contributed by atoms with van der Waals surface area (Å²) in [6, 6.07) is 7.89.